The summed E-state index contributed by atoms with van der Waals surface area (Å²) in [6, 6.07) is 11.4. The second kappa shape index (κ2) is 7.63. The van der Waals surface area contributed by atoms with E-state index in [0.717, 1.165) is 0 Å². The Morgan fingerprint density at radius 3 is 2.41 bits per heavy atom. The number of hydrogen-bond acceptors (Lipinski definition) is 5. The van der Waals surface area contributed by atoms with Crippen molar-refractivity contribution in [2.75, 3.05) is 14.2 Å². The molecule has 0 atom stereocenters. The van der Waals surface area contributed by atoms with Crippen LogP contribution in [0.3, 0.4) is 0 Å². The van der Waals surface area contributed by atoms with E-state index in [1.165, 1.54) is 18.8 Å². The lowest BCUT2D eigenvalue weighted by molar-refractivity contribution is -0.139. The first-order valence-electron chi connectivity index (χ1n) is 8.03. The van der Waals surface area contributed by atoms with Gasteiger partial charge in [0.25, 0.3) is 5.91 Å². The van der Waals surface area contributed by atoms with Gasteiger partial charge in [0.1, 0.15) is 5.75 Å². The van der Waals surface area contributed by atoms with Crippen LogP contribution in [0.25, 0.3) is 10.9 Å². The molecule has 1 heterocycles. The van der Waals surface area contributed by atoms with Gasteiger partial charge >= 0.3 is 5.97 Å². The highest BCUT2D eigenvalue weighted by atomic mass is 35.5. The van der Waals surface area contributed by atoms with Crippen LogP contribution in [0.5, 0.6) is 5.75 Å². The summed E-state index contributed by atoms with van der Waals surface area (Å²) in [6.45, 7) is 0. The number of carbonyl (C=O) groups excluding carboxylic acids is 3. The number of methoxy groups -OCH3 is 2. The predicted molar refractivity (Wildman–Crippen MR) is 101 cm³/mol. The molecule has 0 radical (unpaired) electrons. The van der Waals surface area contributed by atoms with E-state index in [4.69, 9.17) is 21.1 Å². The summed E-state index contributed by atoms with van der Waals surface area (Å²) in [7, 11) is 2.78. The van der Waals surface area contributed by atoms with E-state index in [-0.39, 0.29) is 12.1 Å². The third kappa shape index (κ3) is 3.44. The number of halogens is 1. The molecular formula is C20H16ClNO5. The fourth-order valence-corrected chi connectivity index (χ4v) is 3.07. The van der Waals surface area contributed by atoms with Crippen LogP contribution < -0.4 is 4.74 Å². The van der Waals surface area contributed by atoms with E-state index < -0.39 is 11.9 Å². The van der Waals surface area contributed by atoms with Crippen molar-refractivity contribution >= 4 is 40.7 Å². The highest BCUT2D eigenvalue weighted by Gasteiger charge is 2.24. The fraction of sp³-hybridized carbons (Fsp3) is 0.150. The molecule has 0 fully saturated rings. The van der Waals surface area contributed by atoms with Gasteiger partial charge in [-0.3, -0.25) is 19.0 Å². The van der Waals surface area contributed by atoms with Crippen molar-refractivity contribution in [3.63, 3.8) is 0 Å². The van der Waals surface area contributed by atoms with Gasteiger partial charge in [-0.1, -0.05) is 11.6 Å². The maximum absolute atomic E-state index is 13.1. The molecule has 6 nitrogen and oxygen atoms in total. The molecule has 2 aromatic carbocycles. The standard InChI is InChI=1S/C20H16ClNO5/c1-26-14-7-8-17-15(9-14)16(10-19(24)27-2)18(11-23)22(17)20(25)12-3-5-13(21)6-4-12/h3-9,11H,10H2,1-2H3. The summed E-state index contributed by atoms with van der Waals surface area (Å²) in [4.78, 5) is 36.8. The Hall–Kier alpha value is -3.12. The molecule has 0 aliphatic heterocycles. The second-order valence-electron chi connectivity index (χ2n) is 5.77. The molecule has 3 aromatic rings. The van der Waals surface area contributed by atoms with Crippen LogP contribution in [-0.4, -0.2) is 36.9 Å². The smallest absolute Gasteiger partial charge is 0.310 e. The highest BCUT2D eigenvalue weighted by molar-refractivity contribution is 6.30. The van der Waals surface area contributed by atoms with Gasteiger partial charge in [-0.15, -0.1) is 0 Å². The van der Waals surface area contributed by atoms with Crippen LogP contribution in [-0.2, 0) is 16.0 Å². The number of esters is 1. The van der Waals surface area contributed by atoms with E-state index in [2.05, 4.69) is 0 Å². The number of hydrogen-bond donors (Lipinski definition) is 0. The molecule has 0 aliphatic carbocycles. The summed E-state index contributed by atoms with van der Waals surface area (Å²) in [5.74, 6) is -0.374. The maximum atomic E-state index is 13.1. The minimum Gasteiger partial charge on any atom is -0.497 e. The molecule has 138 valence electrons. The van der Waals surface area contributed by atoms with Crippen molar-refractivity contribution in [2.45, 2.75) is 6.42 Å². The van der Waals surface area contributed by atoms with Crippen molar-refractivity contribution in [2.24, 2.45) is 0 Å². The lowest BCUT2D eigenvalue weighted by atomic mass is 10.1. The largest absolute Gasteiger partial charge is 0.497 e. The quantitative estimate of drug-likeness (QED) is 0.496. The van der Waals surface area contributed by atoms with Gasteiger partial charge in [0.15, 0.2) is 6.29 Å². The van der Waals surface area contributed by atoms with Crippen molar-refractivity contribution in [3.8, 4) is 5.75 Å². The van der Waals surface area contributed by atoms with Gasteiger partial charge in [0, 0.05) is 21.5 Å². The molecule has 0 bridgehead atoms. The highest BCUT2D eigenvalue weighted by Crippen LogP contribution is 2.30. The first-order valence-corrected chi connectivity index (χ1v) is 8.41. The normalized spacial score (nSPS) is 10.6. The molecular weight excluding hydrogens is 370 g/mol. The third-order valence-corrected chi connectivity index (χ3v) is 4.53. The lowest BCUT2D eigenvalue weighted by Crippen LogP contribution is -2.16. The number of ether oxygens (including phenoxy) is 2. The van der Waals surface area contributed by atoms with Crippen LogP contribution in [0, 0.1) is 0 Å². The number of nitrogens with zero attached hydrogens (tertiary/aromatic N) is 1. The Kier molecular flexibility index (Phi) is 5.28. The topological polar surface area (TPSA) is 74.6 Å². The Balaban J connectivity index is 2.27. The van der Waals surface area contributed by atoms with E-state index in [1.54, 1.807) is 42.5 Å². The minimum atomic E-state index is -0.515. The number of aldehydes is 1. The Morgan fingerprint density at radius 1 is 1.11 bits per heavy atom. The Labute approximate surface area is 160 Å². The van der Waals surface area contributed by atoms with Crippen molar-refractivity contribution in [3.05, 3.63) is 64.3 Å². The average molecular weight is 386 g/mol. The maximum Gasteiger partial charge on any atom is 0.310 e. The summed E-state index contributed by atoms with van der Waals surface area (Å²) in [6.07, 6.45) is 0.424. The summed E-state index contributed by atoms with van der Waals surface area (Å²) in [5.41, 5.74) is 1.37. The molecule has 7 heteroatoms. The van der Waals surface area contributed by atoms with Gasteiger partial charge in [-0.2, -0.15) is 0 Å². The Morgan fingerprint density at radius 2 is 1.81 bits per heavy atom. The number of benzene rings is 2. The molecule has 0 unspecified atom stereocenters. The van der Waals surface area contributed by atoms with Gasteiger partial charge in [-0.25, -0.2) is 0 Å². The first-order chi connectivity index (χ1) is 13.0. The van der Waals surface area contributed by atoms with Gasteiger partial charge in [0.2, 0.25) is 0 Å². The summed E-state index contributed by atoms with van der Waals surface area (Å²) < 4.78 is 11.3. The van der Waals surface area contributed by atoms with Crippen LogP contribution in [0.15, 0.2) is 42.5 Å². The van der Waals surface area contributed by atoms with E-state index >= 15 is 0 Å². The van der Waals surface area contributed by atoms with Gasteiger partial charge in [-0.05, 0) is 42.5 Å². The molecule has 0 N–H and O–H groups in total. The SMILES string of the molecule is COC(=O)Cc1c(C=O)n(C(=O)c2ccc(Cl)cc2)c2ccc(OC)cc12. The summed E-state index contributed by atoms with van der Waals surface area (Å²) >= 11 is 5.89. The molecule has 27 heavy (non-hydrogen) atoms. The molecule has 1 aromatic heterocycles. The zero-order valence-electron chi connectivity index (χ0n) is 14.7. The molecule has 0 saturated carbocycles. The number of rotatable bonds is 5. The van der Waals surface area contributed by atoms with Crippen LogP contribution in [0.4, 0.5) is 0 Å². The Bertz CT molecular complexity index is 1040. The van der Waals surface area contributed by atoms with E-state index in [9.17, 15) is 14.4 Å². The predicted octanol–water partition coefficient (Wildman–Crippen LogP) is 3.52. The van der Waals surface area contributed by atoms with Gasteiger partial charge < -0.3 is 9.47 Å². The molecule has 0 saturated heterocycles. The van der Waals surface area contributed by atoms with Crippen LogP contribution in [0.2, 0.25) is 5.02 Å². The number of aromatic nitrogens is 1. The molecule has 0 spiro atoms. The van der Waals surface area contributed by atoms with Crippen LogP contribution in [0.1, 0.15) is 26.4 Å². The van der Waals surface area contributed by atoms with Gasteiger partial charge in [0.05, 0.1) is 31.9 Å². The second-order valence-corrected chi connectivity index (χ2v) is 6.20. The van der Waals surface area contributed by atoms with Crippen molar-refractivity contribution in [1.29, 1.82) is 0 Å². The van der Waals surface area contributed by atoms with E-state index in [0.29, 0.717) is 39.1 Å². The lowest BCUT2D eigenvalue weighted by Gasteiger charge is -2.07. The van der Waals surface area contributed by atoms with E-state index in [1.807, 2.05) is 0 Å². The number of carbonyl (C=O) groups is 3. The molecule has 0 amide bonds. The zero-order chi connectivity index (χ0) is 19.6. The van der Waals surface area contributed by atoms with Crippen LogP contribution >= 0.6 is 11.6 Å². The third-order valence-electron chi connectivity index (χ3n) is 4.27. The first kappa shape index (κ1) is 18.7. The summed E-state index contributed by atoms with van der Waals surface area (Å²) in [5, 5.41) is 1.07. The van der Waals surface area contributed by atoms with Crippen molar-refractivity contribution < 1.29 is 23.9 Å². The average Bonchev–Trinajstić information content (AvgIpc) is 3.00. The van der Waals surface area contributed by atoms with Crippen molar-refractivity contribution in [1.82, 2.24) is 4.57 Å². The minimum absolute atomic E-state index is 0.101. The molecule has 0 aliphatic rings. The fourth-order valence-electron chi connectivity index (χ4n) is 2.95. The molecule has 3 rings (SSSR count). The zero-order valence-corrected chi connectivity index (χ0v) is 15.4. The monoisotopic (exact) mass is 385 g/mol. The number of fused-ring (bicyclic) bond motifs is 1.